The predicted octanol–water partition coefficient (Wildman–Crippen LogP) is 0.910. The molecule has 5 nitrogen and oxygen atoms in total. The molecular formula is C10H15N3O2. The minimum Gasteiger partial charge on any atom is -0.270 e. The predicted molar refractivity (Wildman–Crippen MR) is 53.9 cm³/mol. The van der Waals surface area contributed by atoms with Crippen LogP contribution >= 0.6 is 0 Å². The van der Waals surface area contributed by atoms with E-state index in [1.165, 1.54) is 5.06 Å². The molecule has 0 N–H and O–H groups in total. The summed E-state index contributed by atoms with van der Waals surface area (Å²) in [6.45, 7) is 4.83. The van der Waals surface area contributed by atoms with E-state index in [1.54, 1.807) is 11.7 Å². The average Bonchev–Trinajstić information content (AvgIpc) is 2.52. The molecule has 0 atom stereocenters. The molecule has 15 heavy (non-hydrogen) atoms. The van der Waals surface area contributed by atoms with Gasteiger partial charge >= 0.3 is 0 Å². The topological polar surface area (TPSA) is 47.4 Å². The van der Waals surface area contributed by atoms with Gasteiger partial charge in [-0.1, -0.05) is 13.8 Å². The fourth-order valence-corrected chi connectivity index (χ4v) is 1.48. The van der Waals surface area contributed by atoms with Crippen molar-refractivity contribution in [2.45, 2.75) is 32.9 Å². The lowest BCUT2D eigenvalue weighted by molar-refractivity contribution is -0.180. The molecule has 0 fully saturated rings. The van der Waals surface area contributed by atoms with Crippen molar-refractivity contribution in [3.05, 3.63) is 17.5 Å². The average molecular weight is 209 g/mol. The lowest BCUT2D eigenvalue weighted by Gasteiger charge is -2.11. The van der Waals surface area contributed by atoms with E-state index in [2.05, 4.69) is 18.9 Å². The molecule has 2 heterocycles. The van der Waals surface area contributed by atoms with Gasteiger partial charge in [0, 0.05) is 7.05 Å². The van der Waals surface area contributed by atoms with Crippen LogP contribution in [0.3, 0.4) is 0 Å². The summed E-state index contributed by atoms with van der Waals surface area (Å²) in [5.41, 5.74) is 1.96. The van der Waals surface area contributed by atoms with Crippen LogP contribution in [0.2, 0.25) is 0 Å². The zero-order chi connectivity index (χ0) is 11.0. The lowest BCUT2D eigenvalue weighted by atomic mass is 10.1. The maximum atomic E-state index is 11.5. The van der Waals surface area contributed by atoms with Crippen molar-refractivity contribution >= 4 is 5.91 Å². The van der Waals surface area contributed by atoms with Gasteiger partial charge in [-0.25, -0.2) is 5.06 Å². The molecule has 0 saturated heterocycles. The van der Waals surface area contributed by atoms with Gasteiger partial charge < -0.3 is 0 Å². The van der Waals surface area contributed by atoms with Gasteiger partial charge in [-0.3, -0.25) is 14.3 Å². The molecule has 0 spiro atoms. The van der Waals surface area contributed by atoms with Gasteiger partial charge in [0.2, 0.25) is 0 Å². The number of carbonyl (C=O) groups excluding carboxylic acids is 1. The fraction of sp³-hybridized carbons (Fsp3) is 0.600. The maximum Gasteiger partial charge on any atom is 0.267 e. The molecule has 0 bridgehead atoms. The third-order valence-corrected chi connectivity index (χ3v) is 2.52. The molecule has 1 aliphatic heterocycles. The highest BCUT2D eigenvalue weighted by molar-refractivity contribution is 5.74. The second-order valence-electron chi connectivity index (χ2n) is 4.04. The Labute approximate surface area is 88.6 Å². The molecule has 1 aromatic rings. The second kappa shape index (κ2) is 3.66. The summed E-state index contributed by atoms with van der Waals surface area (Å²) in [5.74, 6) is 0.296. The minimum absolute atomic E-state index is 0.0767. The number of hydrogen-bond acceptors (Lipinski definition) is 3. The first kappa shape index (κ1) is 10.2. The van der Waals surface area contributed by atoms with Crippen LogP contribution in [0.4, 0.5) is 0 Å². The summed E-state index contributed by atoms with van der Waals surface area (Å²) in [4.78, 5) is 16.8. The molecular weight excluding hydrogens is 194 g/mol. The van der Waals surface area contributed by atoms with Crippen molar-refractivity contribution in [3.8, 4) is 0 Å². The molecule has 0 aliphatic carbocycles. The van der Waals surface area contributed by atoms with Crippen LogP contribution in [0.15, 0.2) is 6.07 Å². The van der Waals surface area contributed by atoms with Crippen LogP contribution in [0.25, 0.3) is 0 Å². The fourth-order valence-electron chi connectivity index (χ4n) is 1.48. The maximum absolute atomic E-state index is 11.5. The quantitative estimate of drug-likeness (QED) is 0.690. The van der Waals surface area contributed by atoms with Crippen molar-refractivity contribution in [3.63, 3.8) is 0 Å². The number of hydrogen-bond donors (Lipinski definition) is 0. The molecule has 0 radical (unpaired) electrons. The molecule has 1 aromatic heterocycles. The number of carbonyl (C=O) groups is 1. The number of likely N-dealkylation sites (N-methyl/N-ethyl adjacent to an activating group) is 1. The van der Waals surface area contributed by atoms with Crippen LogP contribution < -0.4 is 0 Å². The Kier molecular flexibility index (Phi) is 2.48. The SMILES string of the molecule is CC(C)c1cc2n(n1)CC(=O)N(C)OC2. The lowest BCUT2D eigenvalue weighted by Crippen LogP contribution is -2.27. The molecule has 0 unspecified atom stereocenters. The smallest absolute Gasteiger partial charge is 0.267 e. The summed E-state index contributed by atoms with van der Waals surface area (Å²) < 4.78 is 1.72. The largest absolute Gasteiger partial charge is 0.270 e. The van der Waals surface area contributed by atoms with Crippen molar-refractivity contribution in [1.29, 1.82) is 0 Å². The van der Waals surface area contributed by atoms with E-state index in [-0.39, 0.29) is 12.5 Å². The number of aromatic nitrogens is 2. The Morgan fingerprint density at radius 3 is 2.93 bits per heavy atom. The van der Waals surface area contributed by atoms with Crippen LogP contribution in [0, 0.1) is 0 Å². The van der Waals surface area contributed by atoms with Gasteiger partial charge in [0.05, 0.1) is 11.4 Å². The van der Waals surface area contributed by atoms with E-state index < -0.39 is 0 Å². The standard InChI is InChI=1S/C10H15N3O2/c1-7(2)9-4-8-6-15-12(3)10(14)5-13(8)11-9/h4,7H,5-6H2,1-3H3. The molecule has 1 amide bonds. The second-order valence-corrected chi connectivity index (χ2v) is 4.04. The molecule has 0 aromatic carbocycles. The van der Waals surface area contributed by atoms with E-state index in [1.807, 2.05) is 6.07 Å². The van der Waals surface area contributed by atoms with Crippen molar-refractivity contribution < 1.29 is 9.63 Å². The normalized spacial score (nSPS) is 16.8. The van der Waals surface area contributed by atoms with Gasteiger partial charge in [-0.05, 0) is 12.0 Å². The molecule has 82 valence electrons. The van der Waals surface area contributed by atoms with Crippen molar-refractivity contribution in [1.82, 2.24) is 14.8 Å². The summed E-state index contributed by atoms with van der Waals surface area (Å²) in [7, 11) is 1.62. The van der Waals surface area contributed by atoms with Crippen LogP contribution in [0.1, 0.15) is 31.2 Å². The van der Waals surface area contributed by atoms with Gasteiger partial charge in [-0.15, -0.1) is 0 Å². The summed E-state index contributed by atoms with van der Waals surface area (Å²) in [5, 5.41) is 5.65. The van der Waals surface area contributed by atoms with E-state index in [9.17, 15) is 4.79 Å². The molecule has 1 aliphatic rings. The third kappa shape index (κ3) is 1.87. The van der Waals surface area contributed by atoms with Crippen LogP contribution in [-0.2, 0) is 22.8 Å². The molecule has 0 saturated carbocycles. The number of nitrogens with zero attached hydrogens (tertiary/aromatic N) is 3. The van der Waals surface area contributed by atoms with Gasteiger partial charge in [0.1, 0.15) is 13.2 Å². The highest BCUT2D eigenvalue weighted by Crippen LogP contribution is 2.17. The summed E-state index contributed by atoms with van der Waals surface area (Å²) in [6.07, 6.45) is 0. The molecule has 2 rings (SSSR count). The van der Waals surface area contributed by atoms with Crippen molar-refractivity contribution in [2.24, 2.45) is 0 Å². The summed E-state index contributed by atoms with van der Waals surface area (Å²) in [6, 6.07) is 2.00. The Balaban J connectivity index is 2.30. The van der Waals surface area contributed by atoms with Crippen LogP contribution in [-0.4, -0.2) is 27.8 Å². The van der Waals surface area contributed by atoms with E-state index >= 15 is 0 Å². The number of fused-ring (bicyclic) bond motifs is 1. The number of rotatable bonds is 1. The first-order valence-corrected chi connectivity index (χ1v) is 5.04. The monoisotopic (exact) mass is 209 g/mol. The van der Waals surface area contributed by atoms with E-state index in [4.69, 9.17) is 4.84 Å². The highest BCUT2D eigenvalue weighted by Gasteiger charge is 2.20. The van der Waals surface area contributed by atoms with Crippen LogP contribution in [0.5, 0.6) is 0 Å². The Hall–Kier alpha value is -1.36. The van der Waals surface area contributed by atoms with Gasteiger partial charge in [0.25, 0.3) is 5.91 Å². The first-order chi connectivity index (χ1) is 7.08. The van der Waals surface area contributed by atoms with Gasteiger partial charge in [-0.2, -0.15) is 5.10 Å². The zero-order valence-corrected chi connectivity index (χ0v) is 9.23. The van der Waals surface area contributed by atoms with E-state index in [0.29, 0.717) is 12.5 Å². The zero-order valence-electron chi connectivity index (χ0n) is 9.23. The van der Waals surface area contributed by atoms with Crippen molar-refractivity contribution in [2.75, 3.05) is 7.05 Å². The number of amides is 1. The minimum atomic E-state index is -0.0767. The first-order valence-electron chi connectivity index (χ1n) is 5.04. The number of hydroxylamine groups is 2. The Bertz CT molecular complexity index is 384. The van der Waals surface area contributed by atoms with E-state index in [0.717, 1.165) is 11.4 Å². The Morgan fingerprint density at radius 2 is 2.27 bits per heavy atom. The summed E-state index contributed by atoms with van der Waals surface area (Å²) >= 11 is 0. The molecule has 5 heteroatoms. The Morgan fingerprint density at radius 1 is 1.53 bits per heavy atom. The third-order valence-electron chi connectivity index (χ3n) is 2.52. The highest BCUT2D eigenvalue weighted by atomic mass is 16.7. The van der Waals surface area contributed by atoms with Gasteiger partial charge in [0.15, 0.2) is 0 Å².